The fourth-order valence-electron chi connectivity index (χ4n) is 7.69. The van der Waals surface area contributed by atoms with Gasteiger partial charge < -0.3 is 10.1 Å². The number of imidazole rings is 1. The molecule has 5 unspecified atom stereocenters. The Morgan fingerprint density at radius 2 is 2.03 bits per heavy atom. The Labute approximate surface area is 203 Å². The molecular formula is C27H30N2O4S. The van der Waals surface area contributed by atoms with E-state index in [0.29, 0.717) is 18.0 Å². The molecule has 7 heteroatoms. The summed E-state index contributed by atoms with van der Waals surface area (Å²) < 4.78 is 0. The molecule has 1 heterocycles. The zero-order valence-electron chi connectivity index (χ0n) is 19.4. The van der Waals surface area contributed by atoms with Crippen LogP contribution < -0.4 is 0 Å². The number of carbonyl (C=O) groups is 3. The van der Waals surface area contributed by atoms with Crippen LogP contribution in [0, 0.1) is 29.1 Å². The van der Waals surface area contributed by atoms with Crippen molar-refractivity contribution in [1.29, 1.82) is 0 Å². The number of ketones is 3. The Bertz CT molecular complexity index is 1200. The van der Waals surface area contributed by atoms with Crippen molar-refractivity contribution < 1.29 is 19.5 Å². The van der Waals surface area contributed by atoms with E-state index >= 15 is 0 Å². The summed E-state index contributed by atoms with van der Waals surface area (Å²) in [7, 11) is 0. The summed E-state index contributed by atoms with van der Waals surface area (Å²) in [6.45, 7) is 1.97. The number of aliphatic hydroxyl groups is 1. The summed E-state index contributed by atoms with van der Waals surface area (Å²) in [5.41, 5.74) is 0.700. The highest BCUT2D eigenvalue weighted by molar-refractivity contribution is 7.99. The maximum atomic E-state index is 13.5. The molecular weight excluding hydrogens is 448 g/mol. The zero-order chi connectivity index (χ0) is 23.7. The van der Waals surface area contributed by atoms with Crippen molar-refractivity contribution in [3.8, 4) is 0 Å². The first kappa shape index (κ1) is 22.2. The Kier molecular flexibility index (Phi) is 5.16. The molecule has 34 heavy (non-hydrogen) atoms. The van der Waals surface area contributed by atoms with Crippen LogP contribution in [0.5, 0.6) is 0 Å². The average molecular weight is 479 g/mol. The number of nitrogens with one attached hydrogen (secondary N) is 1. The maximum absolute atomic E-state index is 13.5. The van der Waals surface area contributed by atoms with Crippen molar-refractivity contribution in [2.75, 3.05) is 5.75 Å². The third-order valence-electron chi connectivity index (χ3n) is 9.36. The number of aromatic nitrogens is 2. The van der Waals surface area contributed by atoms with Crippen molar-refractivity contribution in [3.05, 3.63) is 35.9 Å². The lowest BCUT2D eigenvalue weighted by Gasteiger charge is -2.54. The van der Waals surface area contributed by atoms with E-state index in [9.17, 15) is 19.5 Å². The molecule has 4 aliphatic rings. The molecule has 3 fully saturated rings. The summed E-state index contributed by atoms with van der Waals surface area (Å²) in [6, 6.07) is 7.73. The molecule has 0 radical (unpaired) electrons. The first-order valence-corrected chi connectivity index (χ1v) is 13.4. The molecule has 3 saturated carbocycles. The van der Waals surface area contributed by atoms with Crippen LogP contribution in [-0.4, -0.2) is 43.8 Å². The lowest BCUT2D eigenvalue weighted by atomic mass is 9.50. The van der Waals surface area contributed by atoms with Gasteiger partial charge in [-0.2, -0.15) is 0 Å². The number of carbonyl (C=O) groups excluding carboxylic acids is 3. The molecule has 1 aromatic heterocycles. The van der Waals surface area contributed by atoms with Gasteiger partial charge in [0.05, 0.1) is 16.8 Å². The van der Waals surface area contributed by atoms with Gasteiger partial charge in [0.25, 0.3) is 0 Å². The third kappa shape index (κ3) is 3.19. The van der Waals surface area contributed by atoms with Gasteiger partial charge in [-0.25, -0.2) is 4.98 Å². The number of benzene rings is 1. The van der Waals surface area contributed by atoms with Gasteiger partial charge in [0.15, 0.2) is 16.7 Å². The summed E-state index contributed by atoms with van der Waals surface area (Å²) in [6.07, 6.45) is 6.22. The van der Waals surface area contributed by atoms with Crippen molar-refractivity contribution >= 4 is 40.1 Å². The Morgan fingerprint density at radius 1 is 1.21 bits per heavy atom. The number of fused-ring (bicyclic) bond motifs is 6. The second-order valence-electron chi connectivity index (χ2n) is 10.9. The number of thioether (sulfide) groups is 1. The van der Waals surface area contributed by atoms with Crippen molar-refractivity contribution in [3.63, 3.8) is 0 Å². The van der Waals surface area contributed by atoms with Gasteiger partial charge in [0.1, 0.15) is 11.4 Å². The molecule has 2 aromatic rings. The quantitative estimate of drug-likeness (QED) is 0.637. The van der Waals surface area contributed by atoms with E-state index in [-0.39, 0.29) is 53.2 Å². The minimum atomic E-state index is -1.49. The number of aromatic amines is 1. The van der Waals surface area contributed by atoms with Gasteiger partial charge in [-0.1, -0.05) is 36.4 Å². The summed E-state index contributed by atoms with van der Waals surface area (Å²) in [5, 5.41) is 12.5. The number of para-hydroxylation sites is 2. The van der Waals surface area contributed by atoms with Gasteiger partial charge in [0, 0.05) is 24.2 Å². The molecule has 1 aromatic carbocycles. The number of allylic oxidation sites excluding steroid dienone is 1. The highest BCUT2D eigenvalue weighted by Crippen LogP contribution is 2.64. The minimum absolute atomic E-state index is 0.0615. The van der Waals surface area contributed by atoms with Gasteiger partial charge in [-0.3, -0.25) is 14.4 Å². The zero-order valence-corrected chi connectivity index (χ0v) is 20.2. The van der Waals surface area contributed by atoms with Crippen LogP contribution in [0.1, 0.15) is 51.9 Å². The van der Waals surface area contributed by atoms with E-state index in [4.69, 9.17) is 0 Å². The predicted molar refractivity (Wildman–Crippen MR) is 129 cm³/mol. The number of hydrogen-bond acceptors (Lipinski definition) is 6. The molecule has 6 rings (SSSR count). The van der Waals surface area contributed by atoms with Gasteiger partial charge in [0.2, 0.25) is 0 Å². The minimum Gasteiger partial charge on any atom is -0.381 e. The normalized spacial score (nSPS) is 37.2. The van der Waals surface area contributed by atoms with E-state index in [1.165, 1.54) is 11.8 Å². The Morgan fingerprint density at radius 3 is 2.85 bits per heavy atom. The third-order valence-corrected chi connectivity index (χ3v) is 10.2. The number of nitrogens with zero attached hydrogens (tertiary/aromatic N) is 1. The highest BCUT2D eigenvalue weighted by Gasteiger charge is 2.66. The van der Waals surface area contributed by atoms with Gasteiger partial charge in [-0.05, 0) is 68.1 Å². The summed E-state index contributed by atoms with van der Waals surface area (Å²) in [5.74, 6) is 0.723. The second kappa shape index (κ2) is 7.89. The first-order chi connectivity index (χ1) is 16.3. The first-order valence-electron chi connectivity index (χ1n) is 12.4. The van der Waals surface area contributed by atoms with Crippen LogP contribution in [-0.2, 0) is 14.4 Å². The SMILES string of the molecule is CC12CC(=O)C3C4CCC(=O)C=C4CCC3C1CC[C@]2(O)C(=O)CSc1nc2ccccc2[nH]1. The second-order valence-corrected chi connectivity index (χ2v) is 11.9. The predicted octanol–water partition coefficient (Wildman–Crippen LogP) is 4.28. The molecule has 0 aliphatic heterocycles. The van der Waals surface area contributed by atoms with E-state index < -0.39 is 11.0 Å². The molecule has 6 nitrogen and oxygen atoms in total. The van der Waals surface area contributed by atoms with Gasteiger partial charge in [-0.15, -0.1) is 0 Å². The summed E-state index contributed by atoms with van der Waals surface area (Å²) >= 11 is 1.32. The maximum Gasteiger partial charge on any atom is 0.175 e. The number of H-pyrrole nitrogens is 1. The fourth-order valence-corrected chi connectivity index (χ4v) is 8.54. The molecule has 0 bridgehead atoms. The highest BCUT2D eigenvalue weighted by atomic mass is 32.2. The molecule has 6 atom stereocenters. The fraction of sp³-hybridized carbons (Fsp3) is 0.556. The molecule has 4 aliphatic carbocycles. The standard InChI is InChI=1S/C27H30N2O4S/c1-26-13-22(31)24-17-9-7-16(30)12-15(17)6-8-18(24)19(26)10-11-27(26,33)23(32)14-34-25-28-20-4-2-3-5-21(20)29-25/h2-5,12,17-19,24,33H,6-11,13-14H2,1H3,(H,28,29)/t17?,18?,19?,24?,26?,27-/m0/s1. The summed E-state index contributed by atoms with van der Waals surface area (Å²) in [4.78, 5) is 46.7. The molecule has 178 valence electrons. The lowest BCUT2D eigenvalue weighted by Crippen LogP contribution is -2.59. The largest absolute Gasteiger partial charge is 0.381 e. The number of Topliss-reactive ketones (excluding diaryl/α,β-unsaturated/α-hetero) is 2. The van der Waals surface area contributed by atoms with Crippen LogP contribution in [0.25, 0.3) is 11.0 Å². The molecule has 0 spiro atoms. The van der Waals surface area contributed by atoms with E-state index in [1.54, 1.807) is 6.08 Å². The van der Waals surface area contributed by atoms with Crippen molar-refractivity contribution in [1.82, 2.24) is 9.97 Å². The monoisotopic (exact) mass is 478 g/mol. The molecule has 2 N–H and O–H groups in total. The van der Waals surface area contributed by atoms with E-state index in [2.05, 4.69) is 9.97 Å². The Hall–Kier alpha value is -2.25. The van der Waals surface area contributed by atoms with Crippen molar-refractivity contribution in [2.24, 2.45) is 29.1 Å². The van der Waals surface area contributed by atoms with Crippen LogP contribution in [0.15, 0.2) is 41.1 Å². The van der Waals surface area contributed by atoms with Crippen LogP contribution >= 0.6 is 11.8 Å². The van der Waals surface area contributed by atoms with Gasteiger partial charge >= 0.3 is 0 Å². The van der Waals surface area contributed by atoms with Crippen LogP contribution in [0.2, 0.25) is 0 Å². The molecule has 0 saturated heterocycles. The smallest absolute Gasteiger partial charge is 0.175 e. The van der Waals surface area contributed by atoms with Crippen LogP contribution in [0.3, 0.4) is 0 Å². The van der Waals surface area contributed by atoms with E-state index in [0.717, 1.165) is 42.3 Å². The number of hydrogen-bond donors (Lipinski definition) is 2. The number of rotatable bonds is 4. The molecule has 0 amide bonds. The topological polar surface area (TPSA) is 100 Å². The average Bonchev–Trinajstić information content (AvgIpc) is 3.35. The lowest BCUT2D eigenvalue weighted by molar-refractivity contribution is -0.164. The van der Waals surface area contributed by atoms with Crippen molar-refractivity contribution in [2.45, 2.75) is 62.6 Å². The Balaban J connectivity index is 1.23. The van der Waals surface area contributed by atoms with E-state index in [1.807, 2.05) is 31.2 Å². The van der Waals surface area contributed by atoms with Crippen LogP contribution in [0.4, 0.5) is 0 Å².